The van der Waals surface area contributed by atoms with Crippen LogP contribution in [-0.2, 0) is 0 Å². The first-order valence-electron chi connectivity index (χ1n) is 11.3. The van der Waals surface area contributed by atoms with Crippen LogP contribution in [0.1, 0.15) is 55.8 Å². The van der Waals surface area contributed by atoms with Crippen LogP contribution < -0.4 is 10.6 Å². The van der Waals surface area contributed by atoms with E-state index < -0.39 is 0 Å². The maximum Gasteiger partial charge on any atom is 0.229 e. The Morgan fingerprint density at radius 3 is 2.61 bits per heavy atom. The molecule has 0 unspecified atom stereocenters. The predicted octanol–water partition coefficient (Wildman–Crippen LogP) is 5.22. The van der Waals surface area contributed by atoms with Crippen LogP contribution in [0.4, 0.5) is 15.9 Å². The molecule has 0 radical (unpaired) electrons. The fourth-order valence-electron chi connectivity index (χ4n) is 4.43. The minimum atomic E-state index is -0.314. The van der Waals surface area contributed by atoms with Crippen LogP contribution in [-0.4, -0.2) is 33.2 Å². The number of hydrogen-bond donors (Lipinski definition) is 1. The first-order chi connectivity index (χ1) is 15.9. The molecular formula is C25H27FN6O. The zero-order valence-electron chi connectivity index (χ0n) is 19.0. The van der Waals surface area contributed by atoms with Crippen molar-refractivity contribution in [3.8, 4) is 11.1 Å². The molecule has 0 atom stereocenters. The third-order valence-corrected chi connectivity index (χ3v) is 6.37. The first-order valence-corrected chi connectivity index (χ1v) is 11.3. The zero-order chi connectivity index (χ0) is 23.1. The van der Waals surface area contributed by atoms with Gasteiger partial charge in [-0.3, -0.25) is 0 Å². The number of hydrogen-bond acceptors (Lipinski definition) is 7. The summed E-state index contributed by atoms with van der Waals surface area (Å²) in [4.78, 5) is 15.8. The molecule has 0 amide bonds. The van der Waals surface area contributed by atoms with Gasteiger partial charge in [0.1, 0.15) is 18.0 Å². The van der Waals surface area contributed by atoms with Crippen molar-refractivity contribution in [2.45, 2.75) is 45.4 Å². The molecule has 2 aromatic heterocycles. The number of aromatic nitrogens is 4. The van der Waals surface area contributed by atoms with E-state index in [2.05, 4.69) is 25.0 Å². The van der Waals surface area contributed by atoms with Gasteiger partial charge in [-0.2, -0.15) is 4.98 Å². The summed E-state index contributed by atoms with van der Waals surface area (Å²) < 4.78 is 20.1. The maximum absolute atomic E-state index is 14.7. The van der Waals surface area contributed by atoms with E-state index in [-0.39, 0.29) is 17.7 Å². The van der Waals surface area contributed by atoms with Crippen LogP contribution in [0.15, 0.2) is 41.2 Å². The molecule has 33 heavy (non-hydrogen) atoms. The molecule has 3 heterocycles. The van der Waals surface area contributed by atoms with Crippen LogP contribution in [0.2, 0.25) is 0 Å². The summed E-state index contributed by atoms with van der Waals surface area (Å²) in [5, 5.41) is 4.90. The van der Waals surface area contributed by atoms with Gasteiger partial charge in [-0.1, -0.05) is 25.1 Å². The number of nitrogen functional groups attached to an aromatic ring is 1. The number of rotatable bonds is 4. The molecule has 0 aliphatic carbocycles. The van der Waals surface area contributed by atoms with Gasteiger partial charge in [-0.25, -0.2) is 14.4 Å². The lowest BCUT2D eigenvalue weighted by molar-refractivity contribution is 0.353. The molecule has 5 rings (SSSR count). The Kier molecular flexibility index (Phi) is 5.44. The van der Waals surface area contributed by atoms with Crippen LogP contribution >= 0.6 is 0 Å². The van der Waals surface area contributed by atoms with E-state index in [1.165, 1.54) is 12.1 Å². The molecule has 2 N–H and O–H groups in total. The van der Waals surface area contributed by atoms with Crippen molar-refractivity contribution in [3.63, 3.8) is 0 Å². The number of aryl methyl sites for hydroxylation is 1. The van der Waals surface area contributed by atoms with Gasteiger partial charge in [0.25, 0.3) is 0 Å². The Morgan fingerprint density at radius 1 is 1.12 bits per heavy atom. The second kappa shape index (κ2) is 8.42. The molecule has 1 saturated heterocycles. The summed E-state index contributed by atoms with van der Waals surface area (Å²) in [6.45, 7) is 7.57. The molecule has 0 saturated carbocycles. The van der Waals surface area contributed by atoms with Crippen molar-refractivity contribution >= 4 is 22.4 Å². The van der Waals surface area contributed by atoms with Crippen LogP contribution in [0.3, 0.4) is 0 Å². The fourth-order valence-corrected chi connectivity index (χ4v) is 4.43. The van der Waals surface area contributed by atoms with Gasteiger partial charge in [-0.05, 0) is 55.2 Å². The summed E-state index contributed by atoms with van der Waals surface area (Å²) in [5.74, 6) is 2.35. The minimum Gasteiger partial charge on any atom is -0.399 e. The Hall–Kier alpha value is -3.55. The quantitative estimate of drug-likeness (QED) is 0.430. The lowest BCUT2D eigenvalue weighted by atomic mass is 9.95. The average Bonchev–Trinajstić information content (AvgIpc) is 3.31. The van der Waals surface area contributed by atoms with Gasteiger partial charge in [-0.15, -0.1) is 0 Å². The SMILES string of the molecule is Cc1cc(-c2cc(F)cc3c(N4CCC(c5noc(C(C)C)n5)CC4)ncnc23)ccc1N. The Labute approximate surface area is 191 Å². The maximum atomic E-state index is 14.7. The molecule has 0 bridgehead atoms. The van der Waals surface area contributed by atoms with E-state index in [1.807, 2.05) is 39.0 Å². The normalized spacial score (nSPS) is 15.0. The zero-order valence-corrected chi connectivity index (χ0v) is 19.0. The summed E-state index contributed by atoms with van der Waals surface area (Å²) in [6, 6.07) is 8.77. The summed E-state index contributed by atoms with van der Waals surface area (Å²) in [6.07, 6.45) is 3.31. The Bertz CT molecular complexity index is 1310. The van der Waals surface area contributed by atoms with Gasteiger partial charge >= 0.3 is 0 Å². The number of piperidine rings is 1. The molecule has 2 aromatic carbocycles. The smallest absolute Gasteiger partial charge is 0.229 e. The largest absolute Gasteiger partial charge is 0.399 e. The second-order valence-electron chi connectivity index (χ2n) is 9.02. The van der Waals surface area contributed by atoms with E-state index in [4.69, 9.17) is 10.3 Å². The second-order valence-corrected chi connectivity index (χ2v) is 9.02. The lowest BCUT2D eigenvalue weighted by Crippen LogP contribution is -2.34. The van der Waals surface area contributed by atoms with Gasteiger partial charge in [0, 0.05) is 41.6 Å². The lowest BCUT2D eigenvalue weighted by Gasteiger charge is -2.32. The van der Waals surface area contributed by atoms with Crippen molar-refractivity contribution in [1.82, 2.24) is 20.1 Å². The van der Waals surface area contributed by atoms with Gasteiger partial charge in [0.05, 0.1) is 5.52 Å². The van der Waals surface area contributed by atoms with Crippen molar-refractivity contribution in [2.24, 2.45) is 0 Å². The molecule has 7 nitrogen and oxygen atoms in total. The van der Waals surface area contributed by atoms with E-state index in [0.29, 0.717) is 17.0 Å². The van der Waals surface area contributed by atoms with Gasteiger partial charge in [0.2, 0.25) is 5.89 Å². The highest BCUT2D eigenvalue weighted by atomic mass is 19.1. The van der Waals surface area contributed by atoms with E-state index >= 15 is 0 Å². The summed E-state index contributed by atoms with van der Waals surface area (Å²) in [7, 11) is 0. The third-order valence-electron chi connectivity index (χ3n) is 6.37. The molecule has 0 spiro atoms. The van der Waals surface area contributed by atoms with Crippen LogP contribution in [0, 0.1) is 12.7 Å². The number of nitrogens with zero attached hydrogens (tertiary/aromatic N) is 5. The average molecular weight is 447 g/mol. The van der Waals surface area contributed by atoms with Crippen LogP contribution in [0.25, 0.3) is 22.0 Å². The number of anilines is 2. The highest BCUT2D eigenvalue weighted by Gasteiger charge is 2.27. The first kappa shape index (κ1) is 21.3. The van der Waals surface area contributed by atoms with Crippen LogP contribution in [0.5, 0.6) is 0 Å². The van der Waals surface area contributed by atoms with E-state index in [1.54, 1.807) is 6.33 Å². The van der Waals surface area contributed by atoms with Crippen molar-refractivity contribution in [3.05, 3.63) is 59.8 Å². The summed E-state index contributed by atoms with van der Waals surface area (Å²) in [5.41, 5.74) is 9.98. The molecule has 8 heteroatoms. The Balaban J connectivity index is 1.46. The molecular weight excluding hydrogens is 419 g/mol. The fraction of sp³-hybridized carbons (Fsp3) is 0.360. The molecule has 4 aromatic rings. The highest BCUT2D eigenvalue weighted by Crippen LogP contribution is 2.36. The molecule has 1 fully saturated rings. The van der Waals surface area contributed by atoms with Crippen molar-refractivity contribution < 1.29 is 8.91 Å². The topological polar surface area (TPSA) is 94.0 Å². The highest BCUT2D eigenvalue weighted by molar-refractivity contribution is 5.99. The standard InChI is InChI=1S/C25H27FN6O/c1-14(2)25-30-23(31-33-25)16-6-8-32(9-7-16)24-20-12-18(26)11-19(22(20)28-13-29-24)17-4-5-21(27)15(3)10-17/h4-5,10-14,16H,6-9,27H2,1-3H3. The Morgan fingerprint density at radius 2 is 1.91 bits per heavy atom. The van der Waals surface area contributed by atoms with Gasteiger partial charge < -0.3 is 15.2 Å². The number of halogens is 1. The van der Waals surface area contributed by atoms with E-state index in [0.717, 1.165) is 59.8 Å². The number of nitrogens with two attached hydrogens (primary N) is 1. The predicted molar refractivity (Wildman–Crippen MR) is 127 cm³/mol. The molecule has 1 aliphatic rings. The van der Waals surface area contributed by atoms with Gasteiger partial charge in [0.15, 0.2) is 5.82 Å². The number of benzene rings is 2. The van der Waals surface area contributed by atoms with Crippen molar-refractivity contribution in [1.29, 1.82) is 0 Å². The van der Waals surface area contributed by atoms with E-state index in [9.17, 15) is 4.39 Å². The number of fused-ring (bicyclic) bond motifs is 1. The third kappa shape index (κ3) is 4.01. The molecule has 170 valence electrons. The minimum absolute atomic E-state index is 0.215. The van der Waals surface area contributed by atoms with Crippen molar-refractivity contribution in [2.75, 3.05) is 23.7 Å². The molecule has 1 aliphatic heterocycles. The summed E-state index contributed by atoms with van der Waals surface area (Å²) >= 11 is 0. The monoisotopic (exact) mass is 446 g/mol.